The Morgan fingerprint density at radius 1 is 1.53 bits per heavy atom. The highest BCUT2D eigenvalue weighted by Crippen LogP contribution is 2.21. The zero-order valence-electron chi connectivity index (χ0n) is 9.94. The first-order valence-electron chi connectivity index (χ1n) is 5.30. The largest absolute Gasteiger partial charge is 0.288 e. The predicted octanol–water partition coefficient (Wildman–Crippen LogP) is 3.46. The van der Waals surface area contributed by atoms with Gasteiger partial charge in [-0.1, -0.05) is 23.2 Å². The molecular formula is C11H10BrCl2N3OS. The second kappa shape index (κ2) is 6.37. The quantitative estimate of drug-likeness (QED) is 0.812. The van der Waals surface area contributed by atoms with Crippen LogP contribution in [-0.2, 0) is 13.2 Å². The predicted molar refractivity (Wildman–Crippen MR) is 82.0 cm³/mol. The van der Waals surface area contributed by atoms with Crippen LogP contribution in [-0.4, -0.2) is 21.7 Å². The van der Waals surface area contributed by atoms with E-state index in [4.69, 9.17) is 23.2 Å². The Hall–Kier alpha value is -0.400. The summed E-state index contributed by atoms with van der Waals surface area (Å²) in [5.74, 6) is 0. The highest BCUT2D eigenvalue weighted by molar-refractivity contribution is 9.11. The number of hydrogen-bond acceptors (Lipinski definition) is 4. The standard InChI is InChI=1S/C11H10BrCl2N3OS/c1-16(4-7-2-9(12)19-5-7)6-17-11(18)10(14)8(13)3-15-17/h2-3,5H,4,6H2,1H3. The monoisotopic (exact) mass is 381 g/mol. The number of nitrogens with zero attached hydrogens (tertiary/aromatic N) is 3. The first-order chi connectivity index (χ1) is 8.97. The van der Waals surface area contributed by atoms with E-state index >= 15 is 0 Å². The third-order valence-electron chi connectivity index (χ3n) is 2.39. The Morgan fingerprint density at radius 2 is 2.26 bits per heavy atom. The summed E-state index contributed by atoms with van der Waals surface area (Å²) in [5, 5.41) is 6.20. The number of halogens is 3. The van der Waals surface area contributed by atoms with Gasteiger partial charge < -0.3 is 0 Å². The van der Waals surface area contributed by atoms with E-state index in [1.54, 1.807) is 11.3 Å². The van der Waals surface area contributed by atoms with Gasteiger partial charge in [0, 0.05) is 6.54 Å². The van der Waals surface area contributed by atoms with Crippen molar-refractivity contribution >= 4 is 50.5 Å². The van der Waals surface area contributed by atoms with Crippen LogP contribution in [0.15, 0.2) is 26.2 Å². The van der Waals surface area contributed by atoms with Gasteiger partial charge in [0.15, 0.2) is 0 Å². The molecule has 2 rings (SSSR count). The van der Waals surface area contributed by atoms with Gasteiger partial charge in [-0.2, -0.15) is 5.10 Å². The molecule has 0 N–H and O–H groups in total. The molecule has 0 aliphatic heterocycles. The molecule has 2 heterocycles. The molecule has 2 aromatic rings. The summed E-state index contributed by atoms with van der Waals surface area (Å²) in [4.78, 5) is 13.8. The molecule has 0 unspecified atom stereocenters. The van der Waals surface area contributed by atoms with Crippen LogP contribution < -0.4 is 5.56 Å². The van der Waals surface area contributed by atoms with E-state index < -0.39 is 0 Å². The van der Waals surface area contributed by atoms with E-state index in [1.807, 2.05) is 18.0 Å². The van der Waals surface area contributed by atoms with Crippen molar-refractivity contribution in [2.24, 2.45) is 0 Å². The van der Waals surface area contributed by atoms with Crippen LogP contribution >= 0.6 is 50.5 Å². The molecule has 0 aliphatic carbocycles. The van der Waals surface area contributed by atoms with E-state index in [2.05, 4.69) is 26.4 Å². The molecule has 0 radical (unpaired) electrons. The minimum atomic E-state index is -0.382. The first-order valence-corrected chi connectivity index (χ1v) is 7.73. The van der Waals surface area contributed by atoms with Crippen LogP contribution in [0, 0.1) is 0 Å². The molecule has 8 heteroatoms. The van der Waals surface area contributed by atoms with Crippen LogP contribution in [0.1, 0.15) is 5.56 Å². The molecule has 0 fully saturated rings. The molecule has 0 saturated heterocycles. The van der Waals surface area contributed by atoms with Crippen molar-refractivity contribution in [3.63, 3.8) is 0 Å². The summed E-state index contributed by atoms with van der Waals surface area (Å²) >= 11 is 16.6. The molecule has 0 atom stereocenters. The van der Waals surface area contributed by atoms with Crippen molar-refractivity contribution in [1.29, 1.82) is 0 Å². The second-order valence-corrected chi connectivity index (χ2v) is 7.10. The third-order valence-corrected chi connectivity index (χ3v) is 4.69. The fraction of sp³-hybridized carbons (Fsp3) is 0.273. The summed E-state index contributed by atoms with van der Waals surface area (Å²) in [7, 11) is 1.90. The van der Waals surface area contributed by atoms with Gasteiger partial charge >= 0.3 is 0 Å². The highest BCUT2D eigenvalue weighted by atomic mass is 79.9. The molecule has 0 spiro atoms. The van der Waals surface area contributed by atoms with Crippen LogP contribution in [0.2, 0.25) is 10.0 Å². The van der Waals surface area contributed by atoms with Crippen molar-refractivity contribution in [2.75, 3.05) is 7.05 Å². The van der Waals surface area contributed by atoms with Crippen LogP contribution in [0.3, 0.4) is 0 Å². The summed E-state index contributed by atoms with van der Waals surface area (Å²) < 4.78 is 2.37. The summed E-state index contributed by atoms with van der Waals surface area (Å²) in [6.45, 7) is 1.07. The second-order valence-electron chi connectivity index (χ2n) is 4.03. The van der Waals surface area contributed by atoms with Crippen molar-refractivity contribution in [1.82, 2.24) is 14.7 Å². The normalized spacial score (nSPS) is 11.2. The van der Waals surface area contributed by atoms with Gasteiger partial charge in [-0.3, -0.25) is 9.69 Å². The highest BCUT2D eigenvalue weighted by Gasteiger charge is 2.09. The lowest BCUT2D eigenvalue weighted by molar-refractivity contribution is 0.240. The molecule has 0 amide bonds. The van der Waals surface area contributed by atoms with Gasteiger partial charge in [0.2, 0.25) is 0 Å². The van der Waals surface area contributed by atoms with Crippen LogP contribution in [0.5, 0.6) is 0 Å². The Balaban J connectivity index is 2.09. The Kier molecular flexibility index (Phi) is 5.03. The van der Waals surface area contributed by atoms with Gasteiger partial charge in [-0.25, -0.2) is 4.68 Å². The maximum Gasteiger partial charge on any atom is 0.288 e. The number of hydrogen-bond donors (Lipinski definition) is 0. The fourth-order valence-electron chi connectivity index (χ4n) is 1.56. The van der Waals surface area contributed by atoms with E-state index in [0.717, 1.165) is 10.3 Å². The van der Waals surface area contributed by atoms with E-state index in [1.165, 1.54) is 16.4 Å². The Labute approximate surface area is 132 Å². The molecular weight excluding hydrogens is 373 g/mol. The molecule has 0 aromatic carbocycles. The molecule has 0 saturated carbocycles. The fourth-order valence-corrected chi connectivity index (χ4v) is 3.04. The molecule has 102 valence electrons. The zero-order valence-corrected chi connectivity index (χ0v) is 13.9. The molecule has 4 nitrogen and oxygen atoms in total. The van der Waals surface area contributed by atoms with E-state index in [9.17, 15) is 4.79 Å². The van der Waals surface area contributed by atoms with Gasteiger partial charge in [-0.15, -0.1) is 11.3 Å². The average molecular weight is 383 g/mol. The smallest absolute Gasteiger partial charge is 0.283 e. The van der Waals surface area contributed by atoms with Gasteiger partial charge in [-0.05, 0) is 40.0 Å². The number of thiophene rings is 1. The van der Waals surface area contributed by atoms with E-state index in [-0.39, 0.29) is 15.6 Å². The van der Waals surface area contributed by atoms with Crippen molar-refractivity contribution in [3.8, 4) is 0 Å². The minimum Gasteiger partial charge on any atom is -0.283 e. The van der Waals surface area contributed by atoms with Crippen molar-refractivity contribution < 1.29 is 0 Å². The summed E-state index contributed by atoms with van der Waals surface area (Å²) in [6, 6.07) is 2.05. The lowest BCUT2D eigenvalue weighted by Gasteiger charge is -2.16. The zero-order chi connectivity index (χ0) is 14.0. The van der Waals surface area contributed by atoms with Crippen molar-refractivity contribution in [3.05, 3.63) is 47.4 Å². The van der Waals surface area contributed by atoms with Crippen LogP contribution in [0.4, 0.5) is 0 Å². The van der Waals surface area contributed by atoms with Gasteiger partial charge in [0.1, 0.15) is 5.02 Å². The van der Waals surface area contributed by atoms with E-state index in [0.29, 0.717) is 6.67 Å². The molecule has 0 aliphatic rings. The first kappa shape index (κ1) is 15.0. The number of rotatable bonds is 4. The topological polar surface area (TPSA) is 38.1 Å². The Bertz CT molecular complexity index is 643. The molecule has 19 heavy (non-hydrogen) atoms. The van der Waals surface area contributed by atoms with Crippen LogP contribution in [0.25, 0.3) is 0 Å². The SMILES string of the molecule is CN(Cc1csc(Br)c1)Cn1ncc(Cl)c(Cl)c1=O. The lowest BCUT2D eigenvalue weighted by atomic mass is 10.3. The van der Waals surface area contributed by atoms with Crippen molar-refractivity contribution in [2.45, 2.75) is 13.2 Å². The maximum absolute atomic E-state index is 11.8. The van der Waals surface area contributed by atoms with Gasteiger partial charge in [0.25, 0.3) is 5.56 Å². The lowest BCUT2D eigenvalue weighted by Crippen LogP contribution is -2.31. The number of aromatic nitrogens is 2. The average Bonchev–Trinajstić information content (AvgIpc) is 2.75. The molecule has 0 bridgehead atoms. The minimum absolute atomic E-state index is 0.00310. The molecule has 2 aromatic heterocycles. The summed E-state index contributed by atoms with van der Waals surface area (Å²) in [5.41, 5.74) is 0.792. The summed E-state index contributed by atoms with van der Waals surface area (Å²) in [6.07, 6.45) is 1.38. The Morgan fingerprint density at radius 3 is 2.89 bits per heavy atom. The third kappa shape index (κ3) is 3.79. The maximum atomic E-state index is 11.8. The van der Waals surface area contributed by atoms with Gasteiger partial charge in [0.05, 0.1) is 21.7 Å².